The third-order valence-corrected chi connectivity index (χ3v) is 3.81. The largest absolute Gasteiger partial charge is 0.341 e. The number of hydrogen-bond donors (Lipinski definition) is 1. The lowest BCUT2D eigenvalue weighted by Crippen LogP contribution is -2.30. The Kier molecular flexibility index (Phi) is 4.19. The van der Waals surface area contributed by atoms with Gasteiger partial charge in [-0.2, -0.15) is 0 Å². The summed E-state index contributed by atoms with van der Waals surface area (Å²) in [5.41, 5.74) is 1.96. The van der Waals surface area contributed by atoms with Crippen LogP contribution in [0.25, 0.3) is 10.9 Å². The molecule has 3 aromatic rings. The van der Waals surface area contributed by atoms with E-state index in [1.807, 2.05) is 30.3 Å². The highest BCUT2D eigenvalue weighted by Crippen LogP contribution is 2.16. The van der Waals surface area contributed by atoms with Crippen LogP contribution in [0.1, 0.15) is 15.9 Å². The van der Waals surface area contributed by atoms with Crippen LogP contribution in [0.15, 0.2) is 59.7 Å². The highest BCUT2D eigenvalue weighted by molar-refractivity contribution is 6.05. The van der Waals surface area contributed by atoms with Crippen molar-refractivity contribution in [2.45, 2.75) is 6.42 Å². The van der Waals surface area contributed by atoms with Crippen LogP contribution in [0, 0.1) is 0 Å². The van der Waals surface area contributed by atoms with E-state index in [4.69, 9.17) is 0 Å². The Morgan fingerprint density at radius 1 is 1.17 bits per heavy atom. The van der Waals surface area contributed by atoms with Crippen molar-refractivity contribution in [1.82, 2.24) is 14.9 Å². The summed E-state index contributed by atoms with van der Waals surface area (Å²) in [7, 11) is 1.75. The molecular weight excluding hydrogens is 290 g/mol. The number of carbonyl (C=O) groups excluding carboxylic acids is 1. The van der Waals surface area contributed by atoms with Crippen molar-refractivity contribution < 1.29 is 4.79 Å². The van der Waals surface area contributed by atoms with E-state index in [-0.39, 0.29) is 11.5 Å². The van der Waals surface area contributed by atoms with Gasteiger partial charge in [0.1, 0.15) is 0 Å². The van der Waals surface area contributed by atoms with Gasteiger partial charge in [-0.1, -0.05) is 18.2 Å². The predicted molar refractivity (Wildman–Crippen MR) is 89.5 cm³/mol. The molecule has 5 heteroatoms. The van der Waals surface area contributed by atoms with E-state index in [1.165, 1.54) is 6.07 Å². The first-order valence-electron chi connectivity index (χ1n) is 7.41. The molecule has 2 aromatic heterocycles. The number of rotatable bonds is 4. The first kappa shape index (κ1) is 15.0. The summed E-state index contributed by atoms with van der Waals surface area (Å²) in [6.07, 6.45) is 4.22. The monoisotopic (exact) mass is 307 g/mol. The van der Waals surface area contributed by atoms with Gasteiger partial charge in [-0.25, -0.2) is 0 Å². The molecule has 23 heavy (non-hydrogen) atoms. The molecule has 0 atom stereocenters. The van der Waals surface area contributed by atoms with Gasteiger partial charge in [0.05, 0.1) is 5.56 Å². The highest BCUT2D eigenvalue weighted by Gasteiger charge is 2.15. The fraction of sp³-hybridized carbons (Fsp3) is 0.167. The van der Waals surface area contributed by atoms with Crippen LogP contribution in [0.3, 0.4) is 0 Å². The van der Waals surface area contributed by atoms with Gasteiger partial charge in [-0.15, -0.1) is 0 Å². The van der Waals surface area contributed by atoms with Gasteiger partial charge < -0.3 is 9.88 Å². The second-order valence-corrected chi connectivity index (χ2v) is 5.43. The van der Waals surface area contributed by atoms with Gasteiger partial charge in [-0.3, -0.25) is 14.6 Å². The fourth-order valence-corrected chi connectivity index (χ4v) is 2.54. The molecule has 0 aliphatic rings. The van der Waals surface area contributed by atoms with Crippen LogP contribution in [0.4, 0.5) is 0 Å². The predicted octanol–water partition coefficient (Wildman–Crippen LogP) is 2.24. The molecule has 0 aliphatic heterocycles. The molecule has 0 saturated heterocycles. The van der Waals surface area contributed by atoms with Gasteiger partial charge in [-0.05, 0) is 30.2 Å². The number of carbonyl (C=O) groups is 1. The van der Waals surface area contributed by atoms with E-state index in [2.05, 4.69) is 9.97 Å². The Hall–Kier alpha value is -2.95. The normalized spacial score (nSPS) is 10.7. The van der Waals surface area contributed by atoms with Crippen LogP contribution < -0.4 is 5.56 Å². The average molecular weight is 307 g/mol. The molecule has 0 aliphatic carbocycles. The van der Waals surface area contributed by atoms with E-state index in [0.29, 0.717) is 17.6 Å². The number of fused-ring (bicyclic) bond motifs is 1. The van der Waals surface area contributed by atoms with Crippen molar-refractivity contribution in [3.8, 4) is 0 Å². The molecule has 5 nitrogen and oxygen atoms in total. The fourth-order valence-electron chi connectivity index (χ4n) is 2.54. The van der Waals surface area contributed by atoms with Crippen LogP contribution in [-0.2, 0) is 6.42 Å². The molecule has 1 N–H and O–H groups in total. The minimum atomic E-state index is -0.269. The zero-order valence-corrected chi connectivity index (χ0v) is 12.8. The number of H-pyrrole nitrogens is 1. The smallest absolute Gasteiger partial charge is 0.254 e. The standard InChI is InChI=1S/C18H17N3O2/c1-21(11-8-13-6-9-19-10-7-13)18(23)15-12-17(22)20-16-5-3-2-4-14(15)16/h2-7,9-10,12H,8,11H2,1H3,(H,20,22). The van der Waals surface area contributed by atoms with Gasteiger partial charge in [0.15, 0.2) is 0 Å². The molecule has 1 aromatic carbocycles. The van der Waals surface area contributed by atoms with Gasteiger partial charge >= 0.3 is 0 Å². The van der Waals surface area contributed by atoms with Crippen molar-refractivity contribution in [2.24, 2.45) is 0 Å². The van der Waals surface area contributed by atoms with Gasteiger partial charge in [0.25, 0.3) is 5.91 Å². The number of pyridine rings is 2. The number of para-hydroxylation sites is 1. The molecule has 0 bridgehead atoms. The molecule has 0 saturated carbocycles. The molecule has 0 radical (unpaired) electrons. The van der Waals surface area contributed by atoms with E-state index in [0.717, 1.165) is 17.4 Å². The molecule has 0 fully saturated rings. The number of nitrogens with zero attached hydrogens (tertiary/aromatic N) is 2. The zero-order chi connectivity index (χ0) is 16.2. The number of aromatic amines is 1. The zero-order valence-electron chi connectivity index (χ0n) is 12.8. The lowest BCUT2D eigenvalue weighted by molar-refractivity contribution is 0.0798. The summed E-state index contributed by atoms with van der Waals surface area (Å²) >= 11 is 0. The second kappa shape index (κ2) is 6.44. The SMILES string of the molecule is CN(CCc1ccncc1)C(=O)c1cc(=O)[nH]c2ccccc12. The molecule has 0 unspecified atom stereocenters. The second-order valence-electron chi connectivity index (χ2n) is 5.43. The maximum absolute atomic E-state index is 12.7. The Morgan fingerprint density at radius 3 is 2.70 bits per heavy atom. The average Bonchev–Trinajstić information content (AvgIpc) is 2.59. The number of benzene rings is 1. The van der Waals surface area contributed by atoms with Crippen LogP contribution >= 0.6 is 0 Å². The summed E-state index contributed by atoms with van der Waals surface area (Å²) in [6, 6.07) is 12.6. The van der Waals surface area contributed by atoms with E-state index < -0.39 is 0 Å². The topological polar surface area (TPSA) is 66.1 Å². The number of amides is 1. The first-order chi connectivity index (χ1) is 11.1. The third kappa shape index (κ3) is 3.29. The molecule has 0 spiro atoms. The molecule has 116 valence electrons. The lowest BCUT2D eigenvalue weighted by Gasteiger charge is -2.18. The molecule has 1 amide bonds. The van der Waals surface area contributed by atoms with Crippen molar-refractivity contribution in [3.05, 3.63) is 76.3 Å². The van der Waals surface area contributed by atoms with Crippen molar-refractivity contribution in [2.75, 3.05) is 13.6 Å². The molecule has 3 rings (SSSR count). The highest BCUT2D eigenvalue weighted by atomic mass is 16.2. The Labute approximate surface area is 133 Å². The summed E-state index contributed by atoms with van der Waals surface area (Å²) in [5.74, 6) is -0.152. The van der Waals surface area contributed by atoms with Crippen LogP contribution in [0.2, 0.25) is 0 Å². The van der Waals surface area contributed by atoms with Crippen molar-refractivity contribution in [1.29, 1.82) is 0 Å². The summed E-state index contributed by atoms with van der Waals surface area (Å²) < 4.78 is 0. The van der Waals surface area contributed by atoms with Crippen LogP contribution in [-0.4, -0.2) is 34.4 Å². The number of likely N-dealkylation sites (N-methyl/N-ethyl adjacent to an activating group) is 1. The maximum Gasteiger partial charge on any atom is 0.254 e. The summed E-state index contributed by atoms with van der Waals surface area (Å²) in [4.78, 5) is 32.8. The minimum Gasteiger partial charge on any atom is -0.341 e. The number of hydrogen-bond acceptors (Lipinski definition) is 3. The lowest BCUT2D eigenvalue weighted by atomic mass is 10.1. The summed E-state index contributed by atoms with van der Waals surface area (Å²) in [5, 5.41) is 0.757. The third-order valence-electron chi connectivity index (χ3n) is 3.81. The Balaban J connectivity index is 1.84. The Morgan fingerprint density at radius 2 is 1.91 bits per heavy atom. The first-order valence-corrected chi connectivity index (χ1v) is 7.41. The van der Waals surface area contributed by atoms with E-state index >= 15 is 0 Å². The Bertz CT molecular complexity index is 887. The van der Waals surface area contributed by atoms with Crippen molar-refractivity contribution in [3.63, 3.8) is 0 Å². The number of nitrogens with one attached hydrogen (secondary N) is 1. The number of aromatic nitrogens is 2. The van der Waals surface area contributed by atoms with E-state index in [1.54, 1.807) is 30.4 Å². The van der Waals surface area contributed by atoms with Gasteiger partial charge in [0, 0.05) is 43.0 Å². The quantitative estimate of drug-likeness (QED) is 0.804. The maximum atomic E-state index is 12.7. The summed E-state index contributed by atoms with van der Waals surface area (Å²) in [6.45, 7) is 0.573. The minimum absolute atomic E-state index is 0.152. The van der Waals surface area contributed by atoms with Gasteiger partial charge in [0.2, 0.25) is 5.56 Å². The van der Waals surface area contributed by atoms with Crippen LogP contribution in [0.5, 0.6) is 0 Å². The van der Waals surface area contributed by atoms with E-state index in [9.17, 15) is 9.59 Å². The molecular formula is C18H17N3O2. The molecule has 2 heterocycles. The van der Waals surface area contributed by atoms with Crippen molar-refractivity contribution >= 4 is 16.8 Å².